The van der Waals surface area contributed by atoms with Crippen LogP contribution in [0.4, 0.5) is 13.2 Å². The molecule has 0 fully saturated rings. The van der Waals surface area contributed by atoms with Crippen LogP contribution in [0.25, 0.3) is 0 Å². The Morgan fingerprint density at radius 1 is 0.923 bits per heavy atom. The maximum atomic E-state index is 10.3. The number of rotatable bonds is 0. The largest absolute Gasteiger partial charge is 0.441 e. The van der Waals surface area contributed by atoms with Crippen LogP contribution in [0.15, 0.2) is 0 Å². The average molecular weight is 352 g/mol. The van der Waals surface area contributed by atoms with E-state index >= 15 is 0 Å². The van der Waals surface area contributed by atoms with Crippen molar-refractivity contribution in [1.82, 2.24) is 0 Å². The van der Waals surface area contributed by atoms with Crippen molar-refractivity contribution in [2.45, 2.75) is 4.18 Å². The SMILES string of the molecule is CS(C)=O.CS(C)=O.FC(F)(F)I. The molecule has 0 saturated carbocycles. The van der Waals surface area contributed by atoms with Crippen LogP contribution in [0.2, 0.25) is 0 Å². The van der Waals surface area contributed by atoms with Crippen LogP contribution < -0.4 is 0 Å². The molecule has 0 aromatic rings. The Kier molecular flexibility index (Phi) is 16.3. The summed E-state index contributed by atoms with van der Waals surface area (Å²) >= 11 is 0.378. The number of hydrogen-bond acceptors (Lipinski definition) is 2. The third kappa shape index (κ3) is 2230. The fourth-order valence-electron chi connectivity index (χ4n) is 0. The van der Waals surface area contributed by atoms with Crippen LogP contribution in [0, 0.1) is 0 Å². The van der Waals surface area contributed by atoms with Crippen LogP contribution in [-0.4, -0.2) is 37.6 Å². The van der Waals surface area contributed by atoms with E-state index in [4.69, 9.17) is 0 Å². The molecule has 0 N–H and O–H groups in total. The van der Waals surface area contributed by atoms with Crippen LogP contribution >= 0.6 is 22.6 Å². The van der Waals surface area contributed by atoms with Gasteiger partial charge in [0.1, 0.15) is 0 Å². The minimum Gasteiger partial charge on any atom is -0.260 e. The molecule has 0 saturated heterocycles. The Balaban J connectivity index is -0.000000117. The molecule has 0 unspecified atom stereocenters. The fraction of sp³-hybridized carbons (Fsp3) is 1.00. The molecular formula is C5H12F3IO2S2. The molecule has 0 spiro atoms. The summed E-state index contributed by atoms with van der Waals surface area (Å²) in [5, 5.41) is 0. The Bertz CT molecular complexity index is 134. The molecule has 0 aromatic heterocycles. The highest BCUT2D eigenvalue weighted by molar-refractivity contribution is 14.1. The van der Waals surface area contributed by atoms with E-state index in [1.165, 1.54) is 0 Å². The smallest absolute Gasteiger partial charge is 0.260 e. The number of alkyl halides is 4. The van der Waals surface area contributed by atoms with Crippen molar-refractivity contribution < 1.29 is 21.6 Å². The monoisotopic (exact) mass is 352 g/mol. The molecule has 0 aliphatic rings. The second-order valence-corrected chi connectivity index (χ2v) is 6.10. The van der Waals surface area contributed by atoms with E-state index < -0.39 is 25.8 Å². The van der Waals surface area contributed by atoms with Crippen LogP contribution in [-0.2, 0) is 21.6 Å². The summed E-state index contributed by atoms with van der Waals surface area (Å²) in [6.45, 7) is 0. The van der Waals surface area contributed by atoms with E-state index in [-0.39, 0.29) is 0 Å². The standard InChI is InChI=1S/2C2H6OS.CF3I/c2*1-4(2)3;2-1(3,4)5/h2*1-2H3;. The van der Waals surface area contributed by atoms with Crippen molar-refractivity contribution in [1.29, 1.82) is 0 Å². The van der Waals surface area contributed by atoms with E-state index in [9.17, 15) is 21.6 Å². The maximum absolute atomic E-state index is 10.3. The van der Waals surface area contributed by atoms with Gasteiger partial charge in [-0.3, -0.25) is 8.42 Å². The predicted molar refractivity (Wildman–Crippen MR) is 60.1 cm³/mol. The first-order valence-corrected chi connectivity index (χ1v) is 7.73. The predicted octanol–water partition coefficient (Wildman–Crippen LogP) is 1.93. The summed E-state index contributed by atoms with van der Waals surface area (Å²) < 4.78 is 46.1. The molecule has 84 valence electrons. The summed E-state index contributed by atoms with van der Waals surface area (Å²) in [6, 6.07) is 0. The van der Waals surface area contributed by atoms with Crippen LogP contribution in [0.3, 0.4) is 0 Å². The molecular weight excluding hydrogens is 340 g/mol. The van der Waals surface area contributed by atoms with E-state index in [0.717, 1.165) is 0 Å². The fourth-order valence-corrected chi connectivity index (χ4v) is 0. The molecule has 0 amide bonds. The lowest BCUT2D eigenvalue weighted by atomic mass is 11.6. The van der Waals surface area contributed by atoms with E-state index in [1.54, 1.807) is 25.0 Å². The summed E-state index contributed by atoms with van der Waals surface area (Å²) in [5.41, 5.74) is 0. The third-order valence-corrected chi connectivity index (χ3v) is 0. The second-order valence-electron chi connectivity index (χ2n) is 1.91. The maximum Gasteiger partial charge on any atom is 0.441 e. The molecule has 0 heterocycles. The van der Waals surface area contributed by atoms with Gasteiger partial charge in [0, 0.05) is 69.2 Å². The van der Waals surface area contributed by atoms with Crippen LogP contribution in [0.1, 0.15) is 0 Å². The van der Waals surface area contributed by atoms with Crippen molar-refractivity contribution in [3.8, 4) is 0 Å². The zero-order valence-electron chi connectivity index (χ0n) is 7.64. The lowest BCUT2D eigenvalue weighted by Gasteiger charge is -1.85. The topological polar surface area (TPSA) is 34.1 Å². The Hall–Kier alpha value is 0.820. The van der Waals surface area contributed by atoms with E-state index in [1.807, 2.05) is 0 Å². The molecule has 0 aromatic carbocycles. The van der Waals surface area contributed by atoms with Gasteiger partial charge in [0.05, 0.1) is 0 Å². The van der Waals surface area contributed by atoms with Crippen LogP contribution in [0.5, 0.6) is 0 Å². The quantitative estimate of drug-likeness (QED) is 0.493. The molecule has 0 aliphatic carbocycles. The number of halogens is 4. The van der Waals surface area contributed by atoms with Crippen molar-refractivity contribution >= 4 is 44.2 Å². The molecule has 13 heavy (non-hydrogen) atoms. The van der Waals surface area contributed by atoms with Crippen molar-refractivity contribution in [3.05, 3.63) is 0 Å². The van der Waals surface area contributed by atoms with Crippen molar-refractivity contribution in [2.75, 3.05) is 25.0 Å². The first-order chi connectivity index (χ1) is 5.46. The first kappa shape index (κ1) is 19.4. The van der Waals surface area contributed by atoms with Crippen molar-refractivity contribution in [3.63, 3.8) is 0 Å². The normalized spacial score (nSPS) is 10.0. The van der Waals surface area contributed by atoms with Gasteiger partial charge in [-0.2, -0.15) is 13.2 Å². The third-order valence-electron chi connectivity index (χ3n) is 0. The number of hydrogen-bond donors (Lipinski definition) is 0. The minimum atomic E-state index is -4.03. The zero-order valence-corrected chi connectivity index (χ0v) is 11.4. The highest BCUT2D eigenvalue weighted by atomic mass is 127. The molecule has 0 rings (SSSR count). The van der Waals surface area contributed by atoms with Gasteiger partial charge in [0.2, 0.25) is 0 Å². The molecule has 0 atom stereocenters. The lowest BCUT2D eigenvalue weighted by Crippen LogP contribution is -1.87. The first-order valence-electron chi connectivity index (χ1n) is 2.72. The van der Waals surface area contributed by atoms with Gasteiger partial charge >= 0.3 is 4.18 Å². The van der Waals surface area contributed by atoms with Gasteiger partial charge < -0.3 is 0 Å². The molecule has 8 heteroatoms. The second kappa shape index (κ2) is 10.9. The summed E-state index contributed by atoms with van der Waals surface area (Å²) in [6.07, 6.45) is 6.56. The van der Waals surface area contributed by atoms with Crippen molar-refractivity contribution in [2.24, 2.45) is 0 Å². The molecule has 0 aliphatic heterocycles. The minimum absolute atomic E-state index is 0.378. The summed E-state index contributed by atoms with van der Waals surface area (Å²) in [4.78, 5) is 0. The average Bonchev–Trinajstić information content (AvgIpc) is 1.50. The Morgan fingerprint density at radius 3 is 0.923 bits per heavy atom. The zero-order chi connectivity index (χ0) is 11.7. The van der Waals surface area contributed by atoms with Gasteiger partial charge in [0.25, 0.3) is 0 Å². The van der Waals surface area contributed by atoms with Gasteiger partial charge in [-0.1, -0.05) is 0 Å². The van der Waals surface area contributed by atoms with Gasteiger partial charge in [0.15, 0.2) is 0 Å². The lowest BCUT2D eigenvalue weighted by molar-refractivity contribution is -0.0125. The Morgan fingerprint density at radius 2 is 0.923 bits per heavy atom. The van der Waals surface area contributed by atoms with Gasteiger partial charge in [-0.15, -0.1) is 0 Å². The highest BCUT2D eigenvalue weighted by Gasteiger charge is 2.19. The molecule has 0 bridgehead atoms. The Labute approximate surface area is 94.7 Å². The molecule has 2 nitrogen and oxygen atoms in total. The van der Waals surface area contributed by atoms with Gasteiger partial charge in [-0.05, 0) is 0 Å². The van der Waals surface area contributed by atoms with E-state index in [2.05, 4.69) is 0 Å². The highest BCUT2D eigenvalue weighted by Crippen LogP contribution is 2.22. The summed E-state index contributed by atoms with van der Waals surface area (Å²) in [7, 11) is -1.22. The molecule has 0 radical (unpaired) electrons. The van der Waals surface area contributed by atoms with E-state index in [0.29, 0.717) is 22.6 Å². The summed E-state index contributed by atoms with van der Waals surface area (Å²) in [5.74, 6) is 0. The van der Waals surface area contributed by atoms with Gasteiger partial charge in [-0.25, -0.2) is 0 Å².